The molecule has 1 aliphatic heterocycles. The van der Waals surface area contributed by atoms with Gasteiger partial charge in [-0.2, -0.15) is 0 Å². The number of urea groups is 1. The second-order valence-corrected chi connectivity index (χ2v) is 8.02. The van der Waals surface area contributed by atoms with E-state index in [0.29, 0.717) is 24.2 Å². The van der Waals surface area contributed by atoms with Crippen LogP contribution in [0.3, 0.4) is 0 Å². The highest BCUT2D eigenvalue weighted by Gasteiger charge is 2.41. The summed E-state index contributed by atoms with van der Waals surface area (Å²) in [6, 6.07) is -0.884. The van der Waals surface area contributed by atoms with E-state index in [1.54, 1.807) is 0 Å². The maximum Gasteiger partial charge on any atom is 0.333 e. The SMILES string of the molecule is CCCCN1C(=O)C(=CC=Cc2c(O)n(C)c(=O)n(CCCC)c2=O)C(=O)N(CCC(=O)O)C1=O. The molecule has 2 rings (SSSR count). The summed E-state index contributed by atoms with van der Waals surface area (Å²) < 4.78 is 1.91. The van der Waals surface area contributed by atoms with Gasteiger partial charge < -0.3 is 10.2 Å². The zero-order valence-corrected chi connectivity index (χ0v) is 20.0. The summed E-state index contributed by atoms with van der Waals surface area (Å²) in [5.74, 6) is -3.58. The molecule has 0 aromatic carbocycles. The predicted molar refractivity (Wildman–Crippen MR) is 126 cm³/mol. The monoisotopic (exact) mass is 490 g/mol. The van der Waals surface area contributed by atoms with Crippen molar-refractivity contribution in [1.82, 2.24) is 18.9 Å². The lowest BCUT2D eigenvalue weighted by Gasteiger charge is -2.33. The van der Waals surface area contributed by atoms with E-state index in [2.05, 4.69) is 0 Å². The molecule has 0 spiro atoms. The molecule has 0 bridgehead atoms. The number of carbonyl (C=O) groups excluding carboxylic acids is 3. The lowest BCUT2D eigenvalue weighted by Crippen LogP contribution is -2.56. The first kappa shape index (κ1) is 27.3. The van der Waals surface area contributed by atoms with Gasteiger partial charge in [0.1, 0.15) is 11.1 Å². The van der Waals surface area contributed by atoms with Crippen LogP contribution in [0.1, 0.15) is 51.5 Å². The van der Waals surface area contributed by atoms with E-state index < -0.39 is 59.5 Å². The number of hydrogen-bond acceptors (Lipinski definition) is 7. The summed E-state index contributed by atoms with van der Waals surface area (Å²) in [4.78, 5) is 76.0. The number of allylic oxidation sites excluding steroid dienone is 2. The molecule has 1 fully saturated rings. The molecular formula is C23H30N4O8. The number of carbonyl (C=O) groups is 4. The van der Waals surface area contributed by atoms with Crippen LogP contribution in [-0.2, 0) is 28.0 Å². The quantitative estimate of drug-likeness (QED) is 0.344. The standard InChI is InChI=1S/C23H30N4O8/c1-4-6-12-25-19(31)15(18(30)24(3)22(25)34)9-8-10-16-20(32)26(13-7-5-2)23(35)27(21(16)33)14-11-17(28)29/h8-10,30H,4-7,11-14H2,1-3H3,(H,28,29). The Bertz CT molecular complexity index is 1190. The molecule has 1 aromatic rings. The molecule has 12 heteroatoms. The van der Waals surface area contributed by atoms with Gasteiger partial charge in [-0.3, -0.25) is 38.1 Å². The summed E-state index contributed by atoms with van der Waals surface area (Å²) >= 11 is 0. The van der Waals surface area contributed by atoms with E-state index in [0.717, 1.165) is 26.5 Å². The summed E-state index contributed by atoms with van der Waals surface area (Å²) in [5.41, 5.74) is -2.00. The third kappa shape index (κ3) is 5.94. The second-order valence-electron chi connectivity index (χ2n) is 8.02. The lowest BCUT2D eigenvalue weighted by molar-refractivity contribution is -0.138. The number of rotatable bonds is 11. The van der Waals surface area contributed by atoms with Gasteiger partial charge in [-0.25, -0.2) is 9.59 Å². The Balaban J connectivity index is 2.49. The minimum atomic E-state index is -1.21. The van der Waals surface area contributed by atoms with Crippen LogP contribution in [0, 0.1) is 0 Å². The topological polar surface area (TPSA) is 159 Å². The van der Waals surface area contributed by atoms with Crippen LogP contribution in [0.2, 0.25) is 0 Å². The fourth-order valence-corrected chi connectivity index (χ4v) is 3.44. The van der Waals surface area contributed by atoms with Gasteiger partial charge in [0.25, 0.3) is 17.4 Å². The second kappa shape index (κ2) is 12.0. The first-order chi connectivity index (χ1) is 16.6. The van der Waals surface area contributed by atoms with Crippen LogP contribution in [0.5, 0.6) is 5.88 Å². The van der Waals surface area contributed by atoms with Crippen molar-refractivity contribution in [3.05, 3.63) is 44.1 Å². The number of carboxylic acid groups (broad SMARTS) is 1. The Morgan fingerprint density at radius 3 is 2.06 bits per heavy atom. The Kier molecular flexibility index (Phi) is 9.32. The Morgan fingerprint density at radius 1 is 0.914 bits per heavy atom. The number of imide groups is 2. The van der Waals surface area contributed by atoms with Gasteiger partial charge in [-0.15, -0.1) is 0 Å². The number of hydrogen-bond donors (Lipinski definition) is 2. The number of unbranched alkanes of at least 4 members (excludes halogenated alkanes) is 2. The van der Waals surface area contributed by atoms with Crippen LogP contribution in [-0.4, -0.2) is 66.1 Å². The van der Waals surface area contributed by atoms with Crippen molar-refractivity contribution >= 4 is 29.9 Å². The average Bonchev–Trinajstić information content (AvgIpc) is 2.81. The molecule has 12 nitrogen and oxygen atoms in total. The molecule has 0 radical (unpaired) electrons. The largest absolute Gasteiger partial charge is 0.494 e. The molecule has 35 heavy (non-hydrogen) atoms. The Hall–Kier alpha value is -3.96. The molecule has 0 aliphatic carbocycles. The fraction of sp³-hybridized carbons (Fsp3) is 0.478. The molecule has 1 aliphatic rings. The van der Waals surface area contributed by atoms with Gasteiger partial charge in [0.05, 0.1) is 6.42 Å². The van der Waals surface area contributed by atoms with Crippen molar-refractivity contribution in [2.75, 3.05) is 13.1 Å². The molecule has 4 amide bonds. The summed E-state index contributed by atoms with van der Waals surface area (Å²) in [6.07, 6.45) is 5.46. The maximum atomic E-state index is 12.9. The highest BCUT2D eigenvalue weighted by Crippen LogP contribution is 2.19. The van der Waals surface area contributed by atoms with Gasteiger partial charge in [0, 0.05) is 26.7 Å². The van der Waals surface area contributed by atoms with Crippen LogP contribution in [0.25, 0.3) is 6.08 Å². The molecule has 1 aromatic heterocycles. The van der Waals surface area contributed by atoms with E-state index in [-0.39, 0.29) is 18.7 Å². The lowest BCUT2D eigenvalue weighted by atomic mass is 10.1. The third-order valence-corrected chi connectivity index (χ3v) is 5.51. The number of carboxylic acids is 1. The van der Waals surface area contributed by atoms with Gasteiger partial charge in [-0.1, -0.05) is 32.8 Å². The van der Waals surface area contributed by atoms with E-state index in [9.17, 15) is 33.9 Å². The first-order valence-corrected chi connectivity index (χ1v) is 11.4. The number of aromatic hydroxyl groups is 1. The summed E-state index contributed by atoms with van der Waals surface area (Å²) in [5, 5.41) is 19.3. The van der Waals surface area contributed by atoms with Crippen molar-refractivity contribution < 1.29 is 29.4 Å². The minimum absolute atomic E-state index is 0.0514. The molecule has 190 valence electrons. The smallest absolute Gasteiger partial charge is 0.333 e. The minimum Gasteiger partial charge on any atom is -0.494 e. The highest BCUT2D eigenvalue weighted by atomic mass is 16.4. The molecule has 0 unspecified atom stereocenters. The predicted octanol–water partition coefficient (Wildman–Crippen LogP) is 1.06. The number of aliphatic carboxylic acids is 1. The zero-order valence-electron chi connectivity index (χ0n) is 20.0. The van der Waals surface area contributed by atoms with Crippen LogP contribution < -0.4 is 11.2 Å². The Labute approximate surface area is 201 Å². The number of aromatic nitrogens is 2. The number of nitrogens with zero attached hydrogens (tertiary/aromatic N) is 4. The molecule has 0 atom stereocenters. The van der Waals surface area contributed by atoms with Gasteiger partial charge in [-0.05, 0) is 25.0 Å². The van der Waals surface area contributed by atoms with E-state index in [1.165, 1.54) is 19.2 Å². The van der Waals surface area contributed by atoms with Crippen molar-refractivity contribution in [3.63, 3.8) is 0 Å². The summed E-state index contributed by atoms with van der Waals surface area (Å²) in [6.45, 7) is 3.56. The van der Waals surface area contributed by atoms with Gasteiger partial charge >= 0.3 is 17.7 Å². The average molecular weight is 491 g/mol. The first-order valence-electron chi connectivity index (χ1n) is 11.4. The molecule has 2 heterocycles. The molecular weight excluding hydrogens is 460 g/mol. The van der Waals surface area contributed by atoms with Crippen LogP contribution >= 0.6 is 0 Å². The number of barbiturate groups is 1. The summed E-state index contributed by atoms with van der Waals surface area (Å²) in [7, 11) is 1.31. The Morgan fingerprint density at radius 2 is 1.49 bits per heavy atom. The highest BCUT2D eigenvalue weighted by molar-refractivity contribution is 6.28. The number of amides is 4. The van der Waals surface area contributed by atoms with E-state index in [1.807, 2.05) is 13.8 Å². The molecule has 1 saturated heterocycles. The van der Waals surface area contributed by atoms with Crippen molar-refractivity contribution in [2.45, 2.75) is 52.5 Å². The molecule has 0 saturated carbocycles. The van der Waals surface area contributed by atoms with Gasteiger partial charge in [0.15, 0.2) is 0 Å². The normalized spacial score (nSPS) is 15.6. The van der Waals surface area contributed by atoms with Crippen LogP contribution in [0.4, 0.5) is 4.79 Å². The van der Waals surface area contributed by atoms with Crippen LogP contribution in [0.15, 0.2) is 27.3 Å². The van der Waals surface area contributed by atoms with E-state index >= 15 is 0 Å². The fourth-order valence-electron chi connectivity index (χ4n) is 3.44. The molecule has 2 N–H and O–H groups in total. The van der Waals surface area contributed by atoms with Crippen molar-refractivity contribution in [3.8, 4) is 5.88 Å². The van der Waals surface area contributed by atoms with Gasteiger partial charge in [0.2, 0.25) is 5.88 Å². The maximum absolute atomic E-state index is 12.9. The zero-order chi connectivity index (χ0) is 26.3. The third-order valence-electron chi connectivity index (χ3n) is 5.51. The van der Waals surface area contributed by atoms with E-state index in [4.69, 9.17) is 5.11 Å². The van der Waals surface area contributed by atoms with Crippen molar-refractivity contribution in [2.24, 2.45) is 7.05 Å². The van der Waals surface area contributed by atoms with Crippen molar-refractivity contribution in [1.29, 1.82) is 0 Å².